The molecule has 1 saturated heterocycles. The van der Waals surface area contributed by atoms with Crippen LogP contribution in [0.3, 0.4) is 0 Å². The maximum absolute atomic E-state index is 13.5. The van der Waals surface area contributed by atoms with Crippen LogP contribution in [0, 0.1) is 6.92 Å². The molecule has 1 N–H and O–H groups in total. The fraction of sp³-hybridized carbons (Fsp3) is 0.259. The summed E-state index contributed by atoms with van der Waals surface area (Å²) in [5.41, 5.74) is 4.08. The van der Waals surface area contributed by atoms with Crippen LogP contribution < -0.4 is 15.8 Å². The molecule has 0 aliphatic carbocycles. The first kappa shape index (κ1) is 23.4. The molecular weight excluding hydrogens is 488 g/mol. The molecule has 188 valence electrons. The fourth-order valence-corrected chi connectivity index (χ4v) is 5.18. The molecule has 3 aromatic heterocycles. The van der Waals surface area contributed by atoms with Gasteiger partial charge in [0.05, 0.1) is 10.7 Å². The van der Waals surface area contributed by atoms with E-state index < -0.39 is 0 Å². The summed E-state index contributed by atoms with van der Waals surface area (Å²) in [6, 6.07) is 13.5. The van der Waals surface area contributed by atoms with Crippen molar-refractivity contribution in [2.75, 3.05) is 43.4 Å². The largest absolute Gasteiger partial charge is 0.370 e. The predicted octanol–water partition coefficient (Wildman–Crippen LogP) is 4.28. The second-order valence-electron chi connectivity index (χ2n) is 9.39. The number of imidazole rings is 1. The molecule has 4 heterocycles. The van der Waals surface area contributed by atoms with E-state index in [0.29, 0.717) is 33.5 Å². The molecule has 0 amide bonds. The van der Waals surface area contributed by atoms with Crippen LogP contribution in [0.1, 0.15) is 12.0 Å². The number of rotatable bonds is 4. The third-order valence-corrected chi connectivity index (χ3v) is 7.18. The van der Waals surface area contributed by atoms with E-state index in [1.54, 1.807) is 35.1 Å². The second kappa shape index (κ2) is 9.49. The first-order valence-electron chi connectivity index (χ1n) is 12.3. The Morgan fingerprint density at radius 1 is 1.00 bits per heavy atom. The van der Waals surface area contributed by atoms with Crippen molar-refractivity contribution >= 4 is 45.7 Å². The molecule has 1 aliphatic rings. The average Bonchev–Trinajstić information content (AvgIpc) is 3.27. The fourth-order valence-electron chi connectivity index (χ4n) is 4.96. The van der Waals surface area contributed by atoms with E-state index in [2.05, 4.69) is 51.2 Å². The van der Waals surface area contributed by atoms with E-state index in [1.807, 2.05) is 18.2 Å². The molecule has 0 bridgehead atoms. The number of benzene rings is 2. The van der Waals surface area contributed by atoms with Crippen LogP contribution in [0.15, 0.2) is 65.8 Å². The monoisotopic (exact) mass is 514 g/mol. The van der Waals surface area contributed by atoms with Gasteiger partial charge in [0, 0.05) is 49.6 Å². The average molecular weight is 515 g/mol. The van der Waals surface area contributed by atoms with Gasteiger partial charge in [0.15, 0.2) is 5.65 Å². The van der Waals surface area contributed by atoms with Crippen LogP contribution >= 0.6 is 11.6 Å². The quantitative estimate of drug-likeness (QED) is 0.383. The Morgan fingerprint density at radius 3 is 2.70 bits per heavy atom. The van der Waals surface area contributed by atoms with Crippen molar-refractivity contribution < 1.29 is 0 Å². The lowest BCUT2D eigenvalue weighted by molar-refractivity contribution is 0.360. The number of hydrogen-bond acceptors (Lipinski definition) is 7. The third-order valence-electron chi connectivity index (χ3n) is 6.86. The minimum atomic E-state index is -0.281. The van der Waals surface area contributed by atoms with Crippen LogP contribution in [0.25, 0.3) is 22.5 Å². The number of anilines is 3. The van der Waals surface area contributed by atoms with Crippen LogP contribution in [0.5, 0.6) is 0 Å². The maximum Gasteiger partial charge on any atom is 0.270 e. The highest BCUT2D eigenvalue weighted by Gasteiger charge is 2.18. The van der Waals surface area contributed by atoms with E-state index in [4.69, 9.17) is 16.6 Å². The van der Waals surface area contributed by atoms with Gasteiger partial charge in [-0.25, -0.2) is 14.5 Å². The Balaban J connectivity index is 1.35. The van der Waals surface area contributed by atoms with Gasteiger partial charge >= 0.3 is 0 Å². The topological polar surface area (TPSA) is 83.6 Å². The Labute approximate surface area is 219 Å². The summed E-state index contributed by atoms with van der Waals surface area (Å²) < 4.78 is 3.27. The van der Waals surface area contributed by atoms with Crippen molar-refractivity contribution in [3.63, 3.8) is 0 Å². The van der Waals surface area contributed by atoms with Crippen molar-refractivity contribution in [3.05, 3.63) is 82.0 Å². The third kappa shape index (κ3) is 4.30. The minimum Gasteiger partial charge on any atom is -0.370 e. The Morgan fingerprint density at radius 2 is 1.86 bits per heavy atom. The van der Waals surface area contributed by atoms with Crippen LogP contribution in [-0.2, 0) is 0 Å². The molecule has 2 aromatic carbocycles. The zero-order valence-electron chi connectivity index (χ0n) is 20.7. The number of aromatic nitrogens is 5. The Hall–Kier alpha value is -3.95. The van der Waals surface area contributed by atoms with E-state index in [1.165, 1.54) is 15.8 Å². The van der Waals surface area contributed by atoms with Gasteiger partial charge in [0.1, 0.15) is 5.39 Å². The summed E-state index contributed by atoms with van der Waals surface area (Å²) in [6.07, 6.45) is 6.12. The van der Waals surface area contributed by atoms with Gasteiger partial charge in [-0.1, -0.05) is 23.7 Å². The first-order valence-corrected chi connectivity index (χ1v) is 12.7. The highest BCUT2D eigenvalue weighted by Crippen LogP contribution is 2.27. The van der Waals surface area contributed by atoms with Crippen molar-refractivity contribution in [3.8, 4) is 5.69 Å². The Kier molecular flexibility index (Phi) is 6.02. The molecule has 1 aliphatic heterocycles. The molecule has 0 saturated carbocycles. The molecule has 5 aromatic rings. The van der Waals surface area contributed by atoms with Crippen LogP contribution in [0.2, 0.25) is 5.02 Å². The molecule has 0 unspecified atom stereocenters. The second-order valence-corrected chi connectivity index (χ2v) is 9.80. The number of hydrogen-bond donors (Lipinski definition) is 1. The summed E-state index contributed by atoms with van der Waals surface area (Å²) in [6.45, 7) is 6.39. The van der Waals surface area contributed by atoms with Crippen LogP contribution in [-0.4, -0.2) is 62.0 Å². The Bertz CT molecular complexity index is 1680. The van der Waals surface area contributed by atoms with Gasteiger partial charge in [-0.2, -0.15) is 4.98 Å². The van der Waals surface area contributed by atoms with Gasteiger partial charge < -0.3 is 15.1 Å². The number of nitrogens with zero attached hydrogens (tertiary/aromatic N) is 7. The van der Waals surface area contributed by atoms with Crippen molar-refractivity contribution in [2.45, 2.75) is 13.3 Å². The number of likely N-dealkylation sites (N-methyl/N-ethyl adjacent to an activating group) is 1. The zero-order valence-corrected chi connectivity index (χ0v) is 21.5. The summed E-state index contributed by atoms with van der Waals surface area (Å²) in [5.74, 6) is 0.833. The molecule has 0 spiro atoms. The van der Waals surface area contributed by atoms with E-state index in [9.17, 15) is 4.79 Å². The van der Waals surface area contributed by atoms with Gasteiger partial charge in [-0.05, 0) is 62.8 Å². The van der Waals surface area contributed by atoms with Gasteiger partial charge in [-0.15, -0.1) is 0 Å². The van der Waals surface area contributed by atoms with Gasteiger partial charge in [0.2, 0.25) is 11.7 Å². The lowest BCUT2D eigenvalue weighted by Crippen LogP contribution is -2.29. The summed E-state index contributed by atoms with van der Waals surface area (Å²) >= 11 is 6.41. The number of halogens is 1. The highest BCUT2D eigenvalue weighted by molar-refractivity contribution is 6.32. The van der Waals surface area contributed by atoms with Crippen molar-refractivity contribution in [2.24, 2.45) is 0 Å². The van der Waals surface area contributed by atoms with Crippen molar-refractivity contribution in [1.82, 2.24) is 28.8 Å². The van der Waals surface area contributed by atoms with Gasteiger partial charge in [-0.3, -0.25) is 9.20 Å². The lowest BCUT2D eigenvalue weighted by Gasteiger charge is -2.25. The molecule has 37 heavy (non-hydrogen) atoms. The van der Waals surface area contributed by atoms with E-state index in [0.717, 1.165) is 38.3 Å². The molecular formula is C27H27ClN8O. The summed E-state index contributed by atoms with van der Waals surface area (Å²) in [4.78, 5) is 31.9. The zero-order chi connectivity index (χ0) is 25.5. The van der Waals surface area contributed by atoms with E-state index in [-0.39, 0.29) is 5.56 Å². The van der Waals surface area contributed by atoms with Gasteiger partial charge in [0.25, 0.3) is 5.56 Å². The molecule has 6 rings (SSSR count). The maximum atomic E-state index is 13.5. The molecule has 1 fully saturated rings. The summed E-state index contributed by atoms with van der Waals surface area (Å²) in [7, 11) is 2.18. The number of aryl methyl sites for hydroxylation is 1. The summed E-state index contributed by atoms with van der Waals surface area (Å²) in [5, 5.41) is 4.13. The lowest BCUT2D eigenvalue weighted by atomic mass is 10.1. The predicted molar refractivity (Wildman–Crippen MR) is 148 cm³/mol. The molecule has 0 atom stereocenters. The molecule has 9 nitrogen and oxygen atoms in total. The smallest absolute Gasteiger partial charge is 0.270 e. The first-order chi connectivity index (χ1) is 18.0. The normalized spacial score (nSPS) is 14.8. The van der Waals surface area contributed by atoms with E-state index >= 15 is 0 Å². The highest BCUT2D eigenvalue weighted by atomic mass is 35.5. The SMILES string of the molecule is Cc1cc(Nc2ncc3c(=O)n(-c4ccccc4Cl)c4nccn4c3n2)ccc1N1CCCN(C)CC1. The molecule has 10 heteroatoms. The van der Waals surface area contributed by atoms with Crippen LogP contribution in [0.4, 0.5) is 17.3 Å². The molecule has 0 radical (unpaired) electrons. The standard InChI is InChI=1S/C27H27ClN8O/c1-18-16-19(8-9-22(18)34-12-5-11-33(2)14-15-34)31-26-30-17-20-24(32-26)35-13-10-29-27(35)36(25(20)37)23-7-4-3-6-21(23)28/h3-4,6-10,13,16-17H,5,11-12,14-15H2,1-2H3,(H,30,31,32). The number of nitrogens with one attached hydrogen (secondary N) is 1. The number of fused-ring (bicyclic) bond motifs is 3. The van der Waals surface area contributed by atoms with Crippen molar-refractivity contribution in [1.29, 1.82) is 0 Å². The minimum absolute atomic E-state index is 0.281. The number of para-hydroxylation sites is 1.